The van der Waals surface area contributed by atoms with Gasteiger partial charge in [-0.2, -0.15) is 5.10 Å². The van der Waals surface area contributed by atoms with Crippen LogP contribution in [-0.2, 0) is 11.8 Å². The first-order chi connectivity index (χ1) is 16.9. The van der Waals surface area contributed by atoms with E-state index in [0.29, 0.717) is 35.1 Å². The summed E-state index contributed by atoms with van der Waals surface area (Å²) < 4.78 is 24.6. The lowest BCUT2D eigenvalue weighted by Crippen LogP contribution is -2.23. The van der Waals surface area contributed by atoms with Crippen LogP contribution in [-0.4, -0.2) is 30.9 Å². The largest absolute Gasteiger partial charge is 0.373 e. The zero-order chi connectivity index (χ0) is 24.3. The van der Waals surface area contributed by atoms with Crippen LogP contribution in [0.15, 0.2) is 41.5 Å². The van der Waals surface area contributed by atoms with E-state index >= 15 is 4.39 Å². The molecule has 3 aromatic heterocycles. The standard InChI is InChI=1S/C26H25ClFN5O2/c1-14-30-22-11-21(15-7-8-35-23(9-15)16-12-29-33(13-16)18-4-5-18)31-25(24(22)26(34)32(14)2)19-6-3-17(27)10-20(19)28/h3,6,10-13,15,18,23H,4-5,7-9H2,1-2H3. The molecule has 4 heterocycles. The monoisotopic (exact) mass is 493 g/mol. The number of aryl methyl sites for hydroxylation is 1. The average molecular weight is 494 g/mol. The Hall–Kier alpha value is -3.10. The quantitative estimate of drug-likeness (QED) is 0.387. The second-order valence-electron chi connectivity index (χ2n) is 9.50. The van der Waals surface area contributed by atoms with E-state index in [1.165, 1.54) is 23.5 Å². The molecule has 7 nitrogen and oxygen atoms in total. The van der Waals surface area contributed by atoms with Crippen LogP contribution in [0, 0.1) is 12.7 Å². The summed E-state index contributed by atoms with van der Waals surface area (Å²) in [5, 5.41) is 5.10. The average Bonchev–Trinajstić information content (AvgIpc) is 3.58. The minimum Gasteiger partial charge on any atom is -0.373 e. The van der Waals surface area contributed by atoms with E-state index < -0.39 is 5.82 Å². The first kappa shape index (κ1) is 22.4. The van der Waals surface area contributed by atoms with Gasteiger partial charge in [0.1, 0.15) is 11.6 Å². The van der Waals surface area contributed by atoms with E-state index in [9.17, 15) is 4.79 Å². The minimum absolute atomic E-state index is 0.0719. The van der Waals surface area contributed by atoms with Gasteiger partial charge in [0.05, 0.1) is 34.9 Å². The Bertz CT molecular complexity index is 1510. The first-order valence-corrected chi connectivity index (χ1v) is 12.3. The highest BCUT2D eigenvalue weighted by molar-refractivity contribution is 6.30. The van der Waals surface area contributed by atoms with Gasteiger partial charge in [-0.15, -0.1) is 0 Å². The fourth-order valence-corrected chi connectivity index (χ4v) is 5.01. The predicted molar refractivity (Wildman–Crippen MR) is 131 cm³/mol. The third kappa shape index (κ3) is 4.04. The van der Waals surface area contributed by atoms with Crippen molar-refractivity contribution in [3.63, 3.8) is 0 Å². The van der Waals surface area contributed by atoms with Gasteiger partial charge >= 0.3 is 0 Å². The molecule has 1 saturated heterocycles. The maximum atomic E-state index is 15.0. The second-order valence-corrected chi connectivity index (χ2v) is 9.94. The highest BCUT2D eigenvalue weighted by atomic mass is 35.5. The van der Waals surface area contributed by atoms with Crippen molar-refractivity contribution < 1.29 is 9.13 Å². The van der Waals surface area contributed by atoms with E-state index in [0.717, 1.165) is 24.1 Å². The molecule has 180 valence electrons. The lowest BCUT2D eigenvalue weighted by Gasteiger charge is -2.29. The summed E-state index contributed by atoms with van der Waals surface area (Å²) in [5.41, 5.74) is 2.64. The van der Waals surface area contributed by atoms with Crippen LogP contribution in [0.25, 0.3) is 22.2 Å². The smallest absolute Gasteiger partial charge is 0.263 e. The van der Waals surface area contributed by atoms with Gasteiger partial charge in [-0.05, 0) is 56.9 Å². The molecule has 0 bridgehead atoms. The molecule has 2 aliphatic rings. The molecule has 6 rings (SSSR count). The molecule has 1 aromatic carbocycles. The Morgan fingerprint density at radius 1 is 1.17 bits per heavy atom. The second kappa shape index (κ2) is 8.53. The summed E-state index contributed by atoms with van der Waals surface area (Å²) in [4.78, 5) is 22.8. The third-order valence-electron chi connectivity index (χ3n) is 7.11. The van der Waals surface area contributed by atoms with Crippen molar-refractivity contribution in [1.29, 1.82) is 0 Å². The number of aromatic nitrogens is 5. The maximum absolute atomic E-state index is 15.0. The van der Waals surface area contributed by atoms with E-state index in [4.69, 9.17) is 21.3 Å². The summed E-state index contributed by atoms with van der Waals surface area (Å²) in [7, 11) is 1.66. The lowest BCUT2D eigenvalue weighted by atomic mass is 9.89. The molecule has 4 aromatic rings. The summed E-state index contributed by atoms with van der Waals surface area (Å²) in [6.07, 6.45) is 7.73. The number of ether oxygens (including phenoxy) is 1. The molecule has 9 heteroatoms. The Morgan fingerprint density at radius 3 is 2.77 bits per heavy atom. The van der Waals surface area contributed by atoms with Crippen LogP contribution in [0.1, 0.15) is 60.8 Å². The molecule has 0 radical (unpaired) electrons. The number of nitrogens with zero attached hydrogens (tertiary/aromatic N) is 5. The number of rotatable bonds is 4. The summed E-state index contributed by atoms with van der Waals surface area (Å²) in [6, 6.07) is 6.81. The van der Waals surface area contributed by atoms with Gasteiger partial charge in [0.15, 0.2) is 0 Å². The molecule has 1 aliphatic carbocycles. The molecule has 1 aliphatic heterocycles. The zero-order valence-electron chi connectivity index (χ0n) is 19.5. The highest BCUT2D eigenvalue weighted by Gasteiger charge is 2.30. The molecule has 0 N–H and O–H groups in total. The SMILES string of the molecule is Cc1nc2cc(C3CCOC(c4cnn(C5CC5)c4)C3)nc(-c3ccc(Cl)cc3F)c2c(=O)n1C. The maximum Gasteiger partial charge on any atom is 0.263 e. The number of halogens is 2. The fourth-order valence-electron chi connectivity index (χ4n) is 4.85. The van der Waals surface area contributed by atoms with Gasteiger partial charge in [0.2, 0.25) is 0 Å². The molecular formula is C26H25ClFN5O2. The van der Waals surface area contributed by atoms with E-state index in [2.05, 4.69) is 16.3 Å². The molecule has 2 fully saturated rings. The fraction of sp³-hybridized carbons (Fsp3) is 0.385. The molecular weight excluding hydrogens is 469 g/mol. The Labute approximate surface area is 206 Å². The molecule has 0 spiro atoms. The number of hydrogen-bond acceptors (Lipinski definition) is 5. The lowest BCUT2D eigenvalue weighted by molar-refractivity contribution is 0.00462. The van der Waals surface area contributed by atoms with E-state index in [1.807, 2.05) is 16.9 Å². The van der Waals surface area contributed by atoms with Crippen LogP contribution in [0.4, 0.5) is 4.39 Å². The number of fused-ring (bicyclic) bond motifs is 1. The Morgan fingerprint density at radius 2 is 2.00 bits per heavy atom. The van der Waals surface area contributed by atoms with Crippen molar-refractivity contribution >= 4 is 22.5 Å². The first-order valence-electron chi connectivity index (χ1n) is 11.9. The molecule has 35 heavy (non-hydrogen) atoms. The molecule has 0 amide bonds. The van der Waals surface area contributed by atoms with E-state index in [1.54, 1.807) is 26.1 Å². The van der Waals surface area contributed by atoms with E-state index in [-0.39, 0.29) is 28.2 Å². The van der Waals surface area contributed by atoms with Crippen LogP contribution in [0.3, 0.4) is 0 Å². The number of benzene rings is 1. The minimum atomic E-state index is -0.525. The van der Waals surface area contributed by atoms with Crippen LogP contribution < -0.4 is 5.56 Å². The number of pyridine rings is 1. The zero-order valence-corrected chi connectivity index (χ0v) is 20.3. The number of hydrogen-bond donors (Lipinski definition) is 0. The van der Waals surface area contributed by atoms with Gasteiger partial charge < -0.3 is 4.74 Å². The van der Waals surface area contributed by atoms with Gasteiger partial charge in [-0.1, -0.05) is 11.6 Å². The van der Waals surface area contributed by atoms with Crippen molar-refractivity contribution in [1.82, 2.24) is 24.3 Å². The molecule has 1 saturated carbocycles. The Balaban J connectivity index is 1.45. The van der Waals surface area contributed by atoms with Gasteiger partial charge in [-0.3, -0.25) is 19.0 Å². The van der Waals surface area contributed by atoms with Gasteiger partial charge in [-0.25, -0.2) is 9.37 Å². The van der Waals surface area contributed by atoms with Crippen molar-refractivity contribution in [2.45, 2.75) is 50.7 Å². The predicted octanol–water partition coefficient (Wildman–Crippen LogP) is 5.26. The summed E-state index contributed by atoms with van der Waals surface area (Å²) in [6.45, 7) is 2.36. The topological polar surface area (TPSA) is 74.8 Å². The molecule has 2 atom stereocenters. The Kier molecular flexibility index (Phi) is 5.45. The van der Waals surface area contributed by atoms with Crippen molar-refractivity contribution in [3.05, 3.63) is 74.9 Å². The van der Waals surface area contributed by atoms with Gasteiger partial charge in [0, 0.05) is 47.6 Å². The third-order valence-corrected chi connectivity index (χ3v) is 7.34. The normalized spacial score (nSPS) is 20.5. The van der Waals surface area contributed by atoms with Crippen LogP contribution in [0.2, 0.25) is 5.02 Å². The van der Waals surface area contributed by atoms with Crippen molar-refractivity contribution in [2.24, 2.45) is 7.05 Å². The summed E-state index contributed by atoms with van der Waals surface area (Å²) in [5.74, 6) is 0.130. The summed E-state index contributed by atoms with van der Waals surface area (Å²) >= 11 is 5.99. The van der Waals surface area contributed by atoms with Crippen LogP contribution >= 0.6 is 11.6 Å². The highest BCUT2D eigenvalue weighted by Crippen LogP contribution is 2.40. The van der Waals surface area contributed by atoms with Crippen molar-refractivity contribution in [3.8, 4) is 11.3 Å². The van der Waals surface area contributed by atoms with Crippen LogP contribution in [0.5, 0.6) is 0 Å². The van der Waals surface area contributed by atoms with Gasteiger partial charge in [0.25, 0.3) is 5.56 Å². The van der Waals surface area contributed by atoms with Crippen molar-refractivity contribution in [2.75, 3.05) is 6.61 Å². The molecule has 2 unspecified atom stereocenters.